The first kappa shape index (κ1) is 32.8. The lowest BCUT2D eigenvalue weighted by molar-refractivity contribution is 0.794. The minimum atomic E-state index is -0.448. The van der Waals surface area contributed by atoms with Crippen LogP contribution in [0.25, 0.3) is 99.7 Å². The molecule has 61 heavy (non-hydrogen) atoms. The zero-order valence-electron chi connectivity index (χ0n) is 32.9. The maximum Gasteiger partial charge on any atom is 0.235 e. The molecule has 1 spiro atoms. The summed E-state index contributed by atoms with van der Waals surface area (Å²) in [6.07, 6.45) is 0. The van der Waals surface area contributed by atoms with E-state index in [9.17, 15) is 0 Å². The monoisotopic (exact) mass is 774 g/mol. The summed E-state index contributed by atoms with van der Waals surface area (Å²) in [6.45, 7) is 0. The van der Waals surface area contributed by atoms with Crippen LogP contribution in [-0.2, 0) is 5.41 Å². The molecule has 3 aromatic heterocycles. The van der Waals surface area contributed by atoms with Crippen molar-refractivity contribution in [2.45, 2.75) is 5.41 Å². The molecule has 2 aliphatic carbocycles. The Hall–Kier alpha value is -8.08. The third kappa shape index (κ3) is 4.18. The molecule has 0 saturated carbocycles. The summed E-state index contributed by atoms with van der Waals surface area (Å²) in [4.78, 5) is 11.1. The number of rotatable bonds is 3. The smallest absolute Gasteiger partial charge is 0.235 e. The molecule has 0 N–H and O–H groups in total. The second-order valence-electron chi connectivity index (χ2n) is 16.4. The number of hydrogen-bond donors (Lipinski definition) is 0. The van der Waals surface area contributed by atoms with Gasteiger partial charge in [0.2, 0.25) is 5.95 Å². The van der Waals surface area contributed by atoms with Gasteiger partial charge in [0.25, 0.3) is 0 Å². The van der Waals surface area contributed by atoms with E-state index < -0.39 is 5.41 Å². The van der Waals surface area contributed by atoms with Gasteiger partial charge < -0.3 is 4.57 Å². The topological polar surface area (TPSA) is 35.6 Å². The molecule has 0 unspecified atom stereocenters. The van der Waals surface area contributed by atoms with Gasteiger partial charge in [0, 0.05) is 38.2 Å². The molecule has 4 heteroatoms. The molecule has 0 radical (unpaired) electrons. The Balaban J connectivity index is 1.08. The molecule has 4 nitrogen and oxygen atoms in total. The van der Waals surface area contributed by atoms with Crippen LogP contribution < -0.4 is 0 Å². The molecule has 14 rings (SSSR count). The second kappa shape index (κ2) is 12.0. The zero-order valence-corrected chi connectivity index (χ0v) is 32.9. The highest BCUT2D eigenvalue weighted by molar-refractivity contribution is 6.19. The molecule has 0 bridgehead atoms. The van der Waals surface area contributed by atoms with Gasteiger partial charge >= 0.3 is 0 Å². The van der Waals surface area contributed by atoms with Gasteiger partial charge in [-0.25, -0.2) is 9.97 Å². The lowest BCUT2D eigenvalue weighted by Crippen LogP contribution is -2.25. The van der Waals surface area contributed by atoms with Gasteiger partial charge in [0.1, 0.15) is 0 Å². The van der Waals surface area contributed by atoms with Gasteiger partial charge in [-0.2, -0.15) is 0 Å². The van der Waals surface area contributed by atoms with Crippen LogP contribution in [0, 0.1) is 0 Å². The minimum absolute atomic E-state index is 0.448. The number of aromatic nitrogens is 4. The third-order valence-electron chi connectivity index (χ3n) is 13.5. The average Bonchev–Trinajstić information content (AvgIpc) is 4.03. The molecular formula is C57H34N4. The summed E-state index contributed by atoms with van der Waals surface area (Å²) in [6, 6.07) is 75.2. The van der Waals surface area contributed by atoms with Crippen LogP contribution in [0.3, 0.4) is 0 Å². The molecule has 12 aromatic rings. The highest BCUT2D eigenvalue weighted by Crippen LogP contribution is 2.64. The van der Waals surface area contributed by atoms with E-state index in [-0.39, 0.29) is 0 Å². The van der Waals surface area contributed by atoms with Crippen molar-refractivity contribution in [1.82, 2.24) is 19.1 Å². The molecule has 0 saturated heterocycles. The molecule has 0 atom stereocenters. The Labute approximate surface area is 351 Å². The fourth-order valence-electron chi connectivity index (χ4n) is 11.2. The summed E-state index contributed by atoms with van der Waals surface area (Å²) >= 11 is 0. The highest BCUT2D eigenvalue weighted by atomic mass is 15.2. The van der Waals surface area contributed by atoms with Crippen LogP contribution in [0.4, 0.5) is 0 Å². The van der Waals surface area contributed by atoms with Crippen molar-refractivity contribution in [2.24, 2.45) is 0 Å². The van der Waals surface area contributed by atoms with E-state index in [0.717, 1.165) is 44.4 Å². The first-order chi connectivity index (χ1) is 30.3. The van der Waals surface area contributed by atoms with E-state index >= 15 is 0 Å². The van der Waals surface area contributed by atoms with Gasteiger partial charge in [-0.3, -0.25) is 4.57 Å². The fraction of sp³-hybridized carbons (Fsp3) is 0.0175. The van der Waals surface area contributed by atoms with Crippen LogP contribution in [0.1, 0.15) is 22.3 Å². The summed E-state index contributed by atoms with van der Waals surface area (Å²) < 4.78 is 4.67. The van der Waals surface area contributed by atoms with Gasteiger partial charge in [-0.05, 0) is 87.0 Å². The SMILES string of the molecule is c1ccc(-n2c3ccccc3c3cc4c5ccccc5n(-c5nc(-c6cccc7c6-c6ccccc6C76c7ccccc7-c7ccccc76)c6ccccc6n5)c4cc32)cc1. The standard InChI is InChI=1S/C57H34N4/c1-2-17-35(18-3-1)60-50-31-14-8-21-38(50)43-33-44-39-22-9-15-32-51(39)61(53(44)34-52(43)60)56-58-49-30-13-7-24-41(49)55(59-56)42-25-16-29-48-54(42)40-23-6-12-28-47(40)57(48)45-26-10-4-19-36(45)37-20-5-11-27-46(37)57/h1-34H. The number of hydrogen-bond acceptors (Lipinski definition) is 2. The van der Waals surface area contributed by atoms with Gasteiger partial charge in [0.05, 0.1) is 38.7 Å². The quantitative estimate of drug-likeness (QED) is 0.179. The largest absolute Gasteiger partial charge is 0.309 e. The van der Waals surface area contributed by atoms with E-state index in [1.54, 1.807) is 0 Å². The number of benzene rings is 9. The van der Waals surface area contributed by atoms with Crippen LogP contribution in [0.2, 0.25) is 0 Å². The van der Waals surface area contributed by atoms with Crippen molar-refractivity contribution in [3.63, 3.8) is 0 Å². The van der Waals surface area contributed by atoms with Gasteiger partial charge in [-0.1, -0.05) is 164 Å². The van der Waals surface area contributed by atoms with Crippen LogP contribution >= 0.6 is 0 Å². The van der Waals surface area contributed by atoms with Crippen molar-refractivity contribution >= 4 is 54.5 Å². The van der Waals surface area contributed by atoms with Crippen molar-refractivity contribution in [3.05, 3.63) is 229 Å². The Kier molecular flexibility index (Phi) is 6.46. The van der Waals surface area contributed by atoms with Crippen molar-refractivity contribution in [1.29, 1.82) is 0 Å². The molecule has 3 heterocycles. The number of para-hydroxylation sites is 4. The molecule has 0 aliphatic heterocycles. The molecule has 282 valence electrons. The normalized spacial score (nSPS) is 13.4. The van der Waals surface area contributed by atoms with E-state index in [1.165, 1.54) is 71.6 Å². The van der Waals surface area contributed by atoms with Gasteiger partial charge in [0.15, 0.2) is 0 Å². The van der Waals surface area contributed by atoms with E-state index in [4.69, 9.17) is 9.97 Å². The van der Waals surface area contributed by atoms with Crippen LogP contribution in [0.15, 0.2) is 206 Å². The predicted octanol–water partition coefficient (Wildman–Crippen LogP) is 13.8. The lowest BCUT2D eigenvalue weighted by atomic mass is 9.70. The van der Waals surface area contributed by atoms with Crippen LogP contribution in [-0.4, -0.2) is 19.1 Å². The van der Waals surface area contributed by atoms with E-state index in [2.05, 4.69) is 215 Å². The maximum atomic E-state index is 5.72. The zero-order chi connectivity index (χ0) is 39.8. The van der Waals surface area contributed by atoms with E-state index in [1.807, 2.05) is 0 Å². The Bertz CT molecular complexity index is 3790. The molecule has 0 fully saturated rings. The average molecular weight is 775 g/mol. The lowest BCUT2D eigenvalue weighted by Gasteiger charge is -2.30. The van der Waals surface area contributed by atoms with Crippen LogP contribution in [0.5, 0.6) is 0 Å². The third-order valence-corrected chi connectivity index (χ3v) is 13.5. The summed E-state index contributed by atoms with van der Waals surface area (Å²) in [5.74, 6) is 0.650. The molecule has 9 aromatic carbocycles. The first-order valence-corrected chi connectivity index (χ1v) is 21.0. The Morgan fingerprint density at radius 1 is 0.328 bits per heavy atom. The van der Waals surface area contributed by atoms with Crippen molar-refractivity contribution in [2.75, 3.05) is 0 Å². The second-order valence-corrected chi connectivity index (χ2v) is 16.4. The van der Waals surface area contributed by atoms with Crippen molar-refractivity contribution in [3.8, 4) is 45.1 Å². The summed E-state index contributed by atoms with van der Waals surface area (Å²) in [7, 11) is 0. The first-order valence-electron chi connectivity index (χ1n) is 21.0. The van der Waals surface area contributed by atoms with Crippen molar-refractivity contribution < 1.29 is 0 Å². The highest BCUT2D eigenvalue weighted by Gasteiger charge is 2.52. The summed E-state index contributed by atoms with van der Waals surface area (Å²) in [5, 5.41) is 5.82. The molecule has 0 amide bonds. The van der Waals surface area contributed by atoms with Gasteiger partial charge in [-0.15, -0.1) is 0 Å². The number of nitrogens with zero attached hydrogens (tertiary/aromatic N) is 4. The predicted molar refractivity (Wildman–Crippen MR) is 250 cm³/mol. The number of fused-ring (bicyclic) bond motifs is 17. The fourth-order valence-corrected chi connectivity index (χ4v) is 11.2. The molecular weight excluding hydrogens is 741 g/mol. The Morgan fingerprint density at radius 3 is 1.54 bits per heavy atom. The maximum absolute atomic E-state index is 5.72. The summed E-state index contributed by atoms with van der Waals surface area (Å²) in [5.41, 5.74) is 18.4. The Morgan fingerprint density at radius 2 is 0.836 bits per heavy atom. The molecule has 2 aliphatic rings. The minimum Gasteiger partial charge on any atom is -0.309 e. The van der Waals surface area contributed by atoms with E-state index in [0.29, 0.717) is 5.95 Å².